The second-order valence-corrected chi connectivity index (χ2v) is 0. The van der Waals surface area contributed by atoms with Crippen LogP contribution in [0.15, 0.2) is 0 Å². The minimum Gasteiger partial charge on any atom is -1.00 e. The second kappa shape index (κ2) is 48.9. The van der Waals surface area contributed by atoms with Crippen LogP contribution >= 0.6 is 0 Å². The van der Waals surface area contributed by atoms with Crippen molar-refractivity contribution in [2.24, 2.45) is 0 Å². The Kier molecular flexibility index (Phi) is 842. The summed E-state index contributed by atoms with van der Waals surface area (Å²) in [5, 5.41) is 0. The van der Waals surface area contributed by atoms with E-state index in [2.05, 4.69) is 0 Å². The van der Waals surface area contributed by atoms with Gasteiger partial charge in [-0.25, -0.2) is 0 Å². The van der Waals surface area contributed by atoms with Crippen molar-refractivity contribution in [2.75, 3.05) is 0 Å². The Morgan fingerprint density at radius 3 is 0.600 bits per heavy atom. The van der Waals surface area contributed by atoms with E-state index in [-0.39, 0.29) is 64.4 Å². The van der Waals surface area contributed by atoms with Gasteiger partial charge in [0.1, 0.15) is 0 Å². The van der Waals surface area contributed by atoms with Crippen molar-refractivity contribution < 1.29 is 58.3 Å². The minimum absolute atomic E-state index is 0. The molecule has 0 fully saturated rings. The van der Waals surface area contributed by atoms with E-state index in [1.54, 1.807) is 0 Å². The fourth-order valence-corrected chi connectivity index (χ4v) is 0. The molecule has 0 atom stereocenters. The number of hydrogen-bond acceptors (Lipinski definition) is 0. The summed E-state index contributed by atoms with van der Waals surface area (Å²) in [5.74, 6) is 0. The minimum atomic E-state index is 0. The zero-order valence-electron chi connectivity index (χ0n) is 2.45. The van der Waals surface area contributed by atoms with Crippen molar-refractivity contribution in [3.63, 3.8) is 0 Å². The number of rotatable bonds is 0. The van der Waals surface area contributed by atoms with Crippen molar-refractivity contribution in [3.8, 4) is 0 Å². The van der Waals surface area contributed by atoms with Gasteiger partial charge in [0.05, 0.1) is 0 Å². The summed E-state index contributed by atoms with van der Waals surface area (Å²) in [6.45, 7) is 0. The summed E-state index contributed by atoms with van der Waals surface area (Å²) in [6, 6.07) is 0. The summed E-state index contributed by atoms with van der Waals surface area (Å²) in [5.41, 5.74) is 0. The van der Waals surface area contributed by atoms with E-state index < -0.39 is 0 Å². The summed E-state index contributed by atoms with van der Waals surface area (Å²) in [4.78, 5) is 0. The standard InChI is InChI=1S/3ClH.H3N.Pt/h3*1H;1H3;/q;;;;+2/p-2. The van der Waals surface area contributed by atoms with Crippen LogP contribution in [-0.2, 0) is 21.1 Å². The van der Waals surface area contributed by atoms with E-state index in [0.717, 1.165) is 0 Å². The fourth-order valence-electron chi connectivity index (χ4n) is 0. The maximum atomic E-state index is 0. The second-order valence-electron chi connectivity index (χ2n) is 0. The fraction of sp³-hybridized carbons (Fsp3) is 0. The van der Waals surface area contributed by atoms with Crippen LogP contribution in [-0.4, -0.2) is 0 Å². The van der Waals surface area contributed by atoms with Crippen molar-refractivity contribution in [1.29, 1.82) is 0 Å². The van der Waals surface area contributed by atoms with Crippen molar-refractivity contribution in [3.05, 3.63) is 0 Å². The molecule has 4 N–H and O–H groups in total. The first-order valence-electron chi connectivity index (χ1n) is 0. The van der Waals surface area contributed by atoms with Gasteiger partial charge in [0.15, 0.2) is 0 Å². The zero-order valence-corrected chi connectivity index (χ0v) is 6.99. The molecule has 1 nitrogen and oxygen atoms in total. The smallest absolute Gasteiger partial charge is 1.00 e. The summed E-state index contributed by atoms with van der Waals surface area (Å²) >= 11 is 0. The SMILES string of the molecule is [Cl-].[Cl-].[Cl-].[NH4+].[Pt+2]. The van der Waals surface area contributed by atoms with Gasteiger partial charge in [-0.15, -0.1) is 0 Å². The molecule has 0 aliphatic heterocycles. The monoisotopic (exact) mass is 318 g/mol. The quantitative estimate of drug-likeness (QED) is 0.461. The molecule has 0 heterocycles. The van der Waals surface area contributed by atoms with Gasteiger partial charge in [-0.3, -0.25) is 0 Å². The summed E-state index contributed by atoms with van der Waals surface area (Å²) in [6.07, 6.45) is 0. The number of quaternary nitrogens is 1. The Hall–Kier alpha value is 1.52. The van der Waals surface area contributed by atoms with Gasteiger partial charge in [-0.05, 0) is 0 Å². The van der Waals surface area contributed by atoms with Crippen LogP contribution in [0, 0.1) is 0 Å². The molecule has 0 spiro atoms. The molecular weight excluding hydrogens is 315 g/mol. The average molecular weight is 319 g/mol. The van der Waals surface area contributed by atoms with Crippen LogP contribution in [0.4, 0.5) is 0 Å². The molecular formula is H4Cl3NPt. The molecule has 0 saturated carbocycles. The molecule has 5 heteroatoms. The molecule has 0 rings (SSSR count). The molecule has 5 heavy (non-hydrogen) atoms. The molecule has 0 aliphatic carbocycles. The molecule has 0 bridgehead atoms. The van der Waals surface area contributed by atoms with Gasteiger partial charge >= 0.3 is 21.1 Å². The van der Waals surface area contributed by atoms with Crippen LogP contribution in [0.1, 0.15) is 0 Å². The Morgan fingerprint density at radius 1 is 0.600 bits per heavy atom. The Bertz CT molecular complexity index is 6.85. The molecule has 0 aliphatic rings. The molecule has 0 aromatic heterocycles. The maximum absolute atomic E-state index is 0. The third kappa shape index (κ3) is 29.6. The van der Waals surface area contributed by atoms with Gasteiger partial charge in [0.2, 0.25) is 0 Å². The van der Waals surface area contributed by atoms with Crippen LogP contribution in [0.2, 0.25) is 0 Å². The summed E-state index contributed by atoms with van der Waals surface area (Å²) in [7, 11) is 0. The van der Waals surface area contributed by atoms with E-state index in [1.165, 1.54) is 0 Å². The maximum Gasteiger partial charge on any atom is 2.00 e. The van der Waals surface area contributed by atoms with Gasteiger partial charge in [0.25, 0.3) is 0 Å². The van der Waals surface area contributed by atoms with E-state index in [9.17, 15) is 0 Å². The zero-order chi connectivity index (χ0) is 0. The van der Waals surface area contributed by atoms with Crippen molar-refractivity contribution >= 4 is 0 Å². The van der Waals surface area contributed by atoms with Crippen LogP contribution in [0.5, 0.6) is 0 Å². The molecule has 0 unspecified atom stereocenters. The Balaban J connectivity index is 0. The predicted molar refractivity (Wildman–Crippen MR) is 5.98 cm³/mol. The molecule has 0 aromatic rings. The van der Waals surface area contributed by atoms with E-state index in [4.69, 9.17) is 0 Å². The topological polar surface area (TPSA) is 36.5 Å². The third-order valence-corrected chi connectivity index (χ3v) is 0. The average Bonchev–Trinajstić information content (AvgIpc) is 0. The molecule has 0 aromatic carbocycles. The first kappa shape index (κ1) is 86.1. The Morgan fingerprint density at radius 2 is 0.600 bits per heavy atom. The largest absolute Gasteiger partial charge is 2.00 e. The van der Waals surface area contributed by atoms with Crippen molar-refractivity contribution in [2.45, 2.75) is 0 Å². The third-order valence-electron chi connectivity index (χ3n) is 0. The van der Waals surface area contributed by atoms with Gasteiger partial charge in [-0.2, -0.15) is 0 Å². The van der Waals surface area contributed by atoms with Crippen molar-refractivity contribution in [1.82, 2.24) is 6.15 Å². The Labute approximate surface area is 64.4 Å². The van der Waals surface area contributed by atoms with Crippen LogP contribution in [0.25, 0.3) is 0 Å². The van der Waals surface area contributed by atoms with E-state index in [0.29, 0.717) is 0 Å². The van der Waals surface area contributed by atoms with E-state index in [1.807, 2.05) is 0 Å². The van der Waals surface area contributed by atoms with Crippen LogP contribution < -0.4 is 43.4 Å². The molecule has 40 valence electrons. The number of hydrogen-bond donors (Lipinski definition) is 1. The van der Waals surface area contributed by atoms with Gasteiger partial charge < -0.3 is 43.4 Å². The molecule has 0 amide bonds. The number of halogens is 3. The molecule has 0 saturated heterocycles. The predicted octanol–water partition coefficient (Wildman–Crippen LogP) is -8.61. The summed E-state index contributed by atoms with van der Waals surface area (Å²) < 4.78 is 0. The van der Waals surface area contributed by atoms with Gasteiger partial charge in [-0.1, -0.05) is 0 Å². The first-order chi connectivity index (χ1) is 0. The first-order valence-corrected chi connectivity index (χ1v) is 0. The van der Waals surface area contributed by atoms with Gasteiger partial charge in [0, 0.05) is 0 Å². The normalized spacial score (nSPS) is 0. The molecule has 0 radical (unpaired) electrons. The van der Waals surface area contributed by atoms with Crippen LogP contribution in [0.3, 0.4) is 0 Å². The van der Waals surface area contributed by atoms with E-state index >= 15 is 0 Å².